The number of carbonyl (C=O) groups is 3. The lowest BCUT2D eigenvalue weighted by molar-refractivity contribution is -0.141. The van der Waals surface area contributed by atoms with E-state index in [1.165, 1.54) is 4.90 Å². The van der Waals surface area contributed by atoms with Crippen molar-refractivity contribution >= 4 is 17.7 Å². The molecule has 9 heteroatoms. The van der Waals surface area contributed by atoms with E-state index >= 15 is 0 Å². The van der Waals surface area contributed by atoms with Crippen LogP contribution < -0.4 is 0 Å². The summed E-state index contributed by atoms with van der Waals surface area (Å²) in [4.78, 5) is 40.2. The van der Waals surface area contributed by atoms with Gasteiger partial charge in [-0.25, -0.2) is 0 Å². The van der Waals surface area contributed by atoms with Crippen molar-refractivity contribution in [2.75, 3.05) is 72.5 Å². The quantitative estimate of drug-likeness (QED) is 0.239. The first-order valence-electron chi connectivity index (χ1n) is 13.8. The Labute approximate surface area is 223 Å². The average Bonchev–Trinajstić information content (AvgIpc) is 3.12. The van der Waals surface area contributed by atoms with Gasteiger partial charge < -0.3 is 23.8 Å². The summed E-state index contributed by atoms with van der Waals surface area (Å²) in [5.74, 6) is 0.395. The van der Waals surface area contributed by atoms with Crippen LogP contribution in [0.15, 0.2) is 0 Å². The third-order valence-electron chi connectivity index (χ3n) is 7.40. The molecule has 0 saturated carbocycles. The Kier molecular flexibility index (Phi) is 13.0. The number of amides is 3. The molecule has 1 unspecified atom stereocenters. The molecule has 0 aliphatic carbocycles. The summed E-state index contributed by atoms with van der Waals surface area (Å²) in [6.07, 6.45) is 2.86. The largest absolute Gasteiger partial charge is 0.379 e. The molecular weight excluding hydrogens is 476 g/mol. The molecular formula is C28H50N2O7. The summed E-state index contributed by atoms with van der Waals surface area (Å²) < 4.78 is 22.0. The first-order valence-corrected chi connectivity index (χ1v) is 13.8. The lowest BCUT2D eigenvalue weighted by Crippen LogP contribution is -2.41. The van der Waals surface area contributed by atoms with Gasteiger partial charge in [0.05, 0.1) is 71.7 Å². The molecule has 37 heavy (non-hydrogen) atoms. The third-order valence-corrected chi connectivity index (χ3v) is 7.40. The van der Waals surface area contributed by atoms with Gasteiger partial charge in [-0.2, -0.15) is 0 Å². The van der Waals surface area contributed by atoms with E-state index in [0.717, 1.165) is 25.9 Å². The van der Waals surface area contributed by atoms with Gasteiger partial charge in [-0.3, -0.25) is 19.3 Å². The van der Waals surface area contributed by atoms with Gasteiger partial charge in [-0.1, -0.05) is 41.5 Å². The van der Waals surface area contributed by atoms with Crippen molar-refractivity contribution in [1.82, 2.24) is 9.80 Å². The van der Waals surface area contributed by atoms with Crippen LogP contribution in [-0.4, -0.2) is 100 Å². The molecule has 0 N–H and O–H groups in total. The van der Waals surface area contributed by atoms with Gasteiger partial charge in [0.2, 0.25) is 17.7 Å². The summed E-state index contributed by atoms with van der Waals surface area (Å²) in [6.45, 7) is 18.1. The van der Waals surface area contributed by atoms with Crippen molar-refractivity contribution < 1.29 is 33.3 Å². The minimum Gasteiger partial charge on any atom is -0.379 e. The van der Waals surface area contributed by atoms with Gasteiger partial charge in [0.25, 0.3) is 0 Å². The van der Waals surface area contributed by atoms with Gasteiger partial charge in [-0.05, 0) is 29.6 Å². The fourth-order valence-corrected chi connectivity index (χ4v) is 4.82. The normalized spacial score (nSPS) is 19.8. The van der Waals surface area contributed by atoms with Crippen LogP contribution in [0.4, 0.5) is 0 Å². The molecule has 2 aliphatic heterocycles. The van der Waals surface area contributed by atoms with Crippen LogP contribution >= 0.6 is 0 Å². The Morgan fingerprint density at radius 1 is 0.757 bits per heavy atom. The van der Waals surface area contributed by atoms with Crippen molar-refractivity contribution in [3.63, 3.8) is 0 Å². The number of imide groups is 1. The standard InChI is InChI=1S/C28H50N2O7/c1-27(2,3)22-7-10-29(11-8-22)24(31)9-13-34-15-17-36-19-20-37-18-16-35-14-12-30-25(32)21-23(26(30)33)28(4,5)6/h22-23H,7-21H2,1-6H3. The number of hydrogen-bond acceptors (Lipinski definition) is 7. The highest BCUT2D eigenvalue weighted by atomic mass is 16.6. The number of nitrogens with zero attached hydrogens (tertiary/aromatic N) is 2. The number of rotatable bonds is 15. The smallest absolute Gasteiger partial charge is 0.233 e. The molecule has 0 aromatic heterocycles. The molecule has 214 valence electrons. The highest BCUT2D eigenvalue weighted by Gasteiger charge is 2.44. The minimum atomic E-state index is -0.252. The molecule has 2 fully saturated rings. The van der Waals surface area contributed by atoms with E-state index in [1.807, 2.05) is 25.7 Å². The Hall–Kier alpha value is -1.55. The number of piperidine rings is 1. The number of likely N-dealkylation sites (tertiary alicyclic amines) is 2. The van der Waals surface area contributed by atoms with Gasteiger partial charge in [0, 0.05) is 19.5 Å². The molecule has 2 rings (SSSR count). The van der Waals surface area contributed by atoms with Gasteiger partial charge in [0.15, 0.2) is 0 Å². The zero-order chi connectivity index (χ0) is 27.5. The van der Waals surface area contributed by atoms with E-state index in [2.05, 4.69) is 20.8 Å². The van der Waals surface area contributed by atoms with Crippen molar-refractivity contribution in [2.45, 2.75) is 67.2 Å². The van der Waals surface area contributed by atoms with E-state index in [9.17, 15) is 14.4 Å². The van der Waals surface area contributed by atoms with Crippen molar-refractivity contribution in [1.29, 1.82) is 0 Å². The monoisotopic (exact) mass is 526 g/mol. The summed E-state index contributed by atoms with van der Waals surface area (Å²) in [7, 11) is 0. The summed E-state index contributed by atoms with van der Waals surface area (Å²) in [5, 5.41) is 0. The average molecular weight is 527 g/mol. The van der Waals surface area contributed by atoms with Crippen LogP contribution in [0.5, 0.6) is 0 Å². The Bertz CT molecular complexity index is 721. The number of carbonyl (C=O) groups excluding carboxylic acids is 3. The first-order chi connectivity index (χ1) is 17.4. The van der Waals surface area contributed by atoms with Gasteiger partial charge in [0.1, 0.15) is 0 Å². The maximum atomic E-state index is 12.4. The molecule has 0 aromatic carbocycles. The van der Waals surface area contributed by atoms with Gasteiger partial charge in [-0.15, -0.1) is 0 Å². The second-order valence-electron chi connectivity index (χ2n) is 12.2. The lowest BCUT2D eigenvalue weighted by Gasteiger charge is -2.38. The van der Waals surface area contributed by atoms with Crippen LogP contribution in [0.2, 0.25) is 0 Å². The molecule has 0 aromatic rings. The maximum absolute atomic E-state index is 12.4. The van der Waals surface area contributed by atoms with Crippen molar-refractivity contribution in [2.24, 2.45) is 22.7 Å². The Morgan fingerprint density at radius 2 is 1.24 bits per heavy atom. The predicted octanol–water partition coefficient (Wildman–Crippen LogP) is 3.15. The molecule has 0 bridgehead atoms. The molecule has 0 spiro atoms. The molecule has 2 saturated heterocycles. The Balaban J connectivity index is 1.37. The lowest BCUT2D eigenvalue weighted by atomic mass is 9.75. The Morgan fingerprint density at radius 3 is 1.70 bits per heavy atom. The maximum Gasteiger partial charge on any atom is 0.233 e. The van der Waals surface area contributed by atoms with Gasteiger partial charge >= 0.3 is 0 Å². The fraction of sp³-hybridized carbons (Fsp3) is 0.893. The van der Waals surface area contributed by atoms with Crippen molar-refractivity contribution in [3.05, 3.63) is 0 Å². The topological polar surface area (TPSA) is 94.6 Å². The second kappa shape index (κ2) is 15.1. The third kappa shape index (κ3) is 11.0. The molecule has 0 radical (unpaired) electrons. The van der Waals surface area contributed by atoms with Crippen LogP contribution in [0.1, 0.15) is 67.2 Å². The number of ether oxygens (including phenoxy) is 4. The second-order valence-corrected chi connectivity index (χ2v) is 12.2. The molecule has 2 aliphatic rings. The van der Waals surface area contributed by atoms with Crippen LogP contribution in [0.3, 0.4) is 0 Å². The molecule has 2 heterocycles. The zero-order valence-electron chi connectivity index (χ0n) is 24.0. The zero-order valence-corrected chi connectivity index (χ0v) is 24.0. The summed E-state index contributed by atoms with van der Waals surface area (Å²) in [5.41, 5.74) is 0.0964. The van der Waals surface area contributed by atoms with E-state index < -0.39 is 0 Å². The fourth-order valence-electron chi connectivity index (χ4n) is 4.82. The molecule has 3 amide bonds. The predicted molar refractivity (Wildman–Crippen MR) is 141 cm³/mol. The SMILES string of the molecule is CC(C)(C)C1CCN(C(=O)CCOCCOCCOCCOCCN2C(=O)CC(C(C)(C)C)C2=O)CC1. The van der Waals surface area contributed by atoms with E-state index in [0.29, 0.717) is 70.6 Å². The van der Waals surface area contributed by atoms with Crippen LogP contribution in [0.25, 0.3) is 0 Å². The van der Waals surface area contributed by atoms with Crippen LogP contribution in [-0.2, 0) is 33.3 Å². The van der Waals surface area contributed by atoms with Crippen LogP contribution in [0, 0.1) is 22.7 Å². The van der Waals surface area contributed by atoms with Crippen molar-refractivity contribution in [3.8, 4) is 0 Å². The molecule has 9 nitrogen and oxygen atoms in total. The van der Waals surface area contributed by atoms with E-state index in [-0.39, 0.29) is 42.0 Å². The number of hydrogen-bond donors (Lipinski definition) is 0. The summed E-state index contributed by atoms with van der Waals surface area (Å²) >= 11 is 0. The highest BCUT2D eigenvalue weighted by molar-refractivity contribution is 6.03. The highest BCUT2D eigenvalue weighted by Crippen LogP contribution is 2.35. The summed E-state index contributed by atoms with van der Waals surface area (Å²) in [6, 6.07) is 0. The van der Waals surface area contributed by atoms with E-state index in [4.69, 9.17) is 18.9 Å². The van der Waals surface area contributed by atoms with E-state index in [1.54, 1.807) is 0 Å². The minimum absolute atomic E-state index is 0.0960. The first kappa shape index (κ1) is 31.7. The molecule has 1 atom stereocenters.